The summed E-state index contributed by atoms with van der Waals surface area (Å²) in [5, 5.41) is 3.62. The fourth-order valence-corrected chi connectivity index (χ4v) is 3.88. The smallest absolute Gasteiger partial charge is 0.0175 e. The molecule has 0 aliphatic heterocycles. The van der Waals surface area contributed by atoms with Gasteiger partial charge in [-0.2, -0.15) is 0 Å². The molecule has 0 amide bonds. The second kappa shape index (κ2) is 8.33. The molecule has 1 saturated carbocycles. The molecule has 1 nitrogen and oxygen atoms in total. The zero-order valence-corrected chi connectivity index (χ0v) is 15.2. The molecule has 2 rings (SSSR count). The number of hydrogen-bond acceptors (Lipinski definition) is 1. The maximum Gasteiger partial charge on any atom is 0.0175 e. The second-order valence-corrected chi connectivity index (χ2v) is 7.96. The predicted octanol–water partition coefficient (Wildman–Crippen LogP) is 5.72. The minimum atomic E-state index is 0.590. The van der Waals surface area contributed by atoms with E-state index in [-0.39, 0.29) is 0 Å². The van der Waals surface area contributed by atoms with Gasteiger partial charge >= 0.3 is 0 Å². The molecule has 0 aromatic heterocycles. The van der Waals surface area contributed by atoms with Crippen molar-refractivity contribution in [2.45, 2.75) is 71.3 Å². The molecule has 0 unspecified atom stereocenters. The van der Waals surface area contributed by atoms with E-state index in [0.29, 0.717) is 11.5 Å². The Hall–Kier alpha value is -0.340. The topological polar surface area (TPSA) is 12.0 Å². The van der Waals surface area contributed by atoms with Crippen LogP contribution in [0.25, 0.3) is 0 Å². The number of aryl methyl sites for hydroxylation is 1. The van der Waals surface area contributed by atoms with Gasteiger partial charge in [-0.1, -0.05) is 61.2 Å². The van der Waals surface area contributed by atoms with E-state index < -0.39 is 0 Å². The third-order valence-corrected chi connectivity index (χ3v) is 5.51. The van der Waals surface area contributed by atoms with Crippen LogP contribution in [-0.2, 0) is 6.42 Å². The van der Waals surface area contributed by atoms with E-state index in [4.69, 9.17) is 0 Å². The van der Waals surface area contributed by atoms with Gasteiger partial charge in [0.05, 0.1) is 0 Å². The zero-order chi connectivity index (χ0) is 15.1. The average Bonchev–Trinajstić information content (AvgIpc) is 2.47. The first-order valence-corrected chi connectivity index (χ1v) is 9.37. The maximum absolute atomic E-state index is 3.62. The molecule has 1 fully saturated rings. The first-order valence-electron chi connectivity index (χ1n) is 8.58. The Bertz CT molecular complexity index is 404. The lowest BCUT2D eigenvalue weighted by molar-refractivity contribution is 0.155. The van der Waals surface area contributed by atoms with Crippen LogP contribution in [-0.4, -0.2) is 12.6 Å². The molecule has 0 bridgehead atoms. The molecule has 0 saturated heterocycles. The number of rotatable bonds is 7. The van der Waals surface area contributed by atoms with E-state index in [0.717, 1.165) is 0 Å². The molecule has 0 atom stereocenters. The van der Waals surface area contributed by atoms with Crippen molar-refractivity contribution in [3.05, 3.63) is 34.3 Å². The molecule has 2 heteroatoms. The summed E-state index contributed by atoms with van der Waals surface area (Å²) in [7, 11) is 0. The molecule has 1 aliphatic rings. The Labute approximate surface area is 139 Å². The minimum Gasteiger partial charge on any atom is -0.315 e. The normalized spacial score (nSPS) is 18.1. The number of hydrogen-bond donors (Lipinski definition) is 1. The fourth-order valence-electron chi connectivity index (χ4n) is 3.61. The van der Waals surface area contributed by atoms with Crippen molar-refractivity contribution in [1.82, 2.24) is 5.32 Å². The Morgan fingerprint density at radius 3 is 2.33 bits per heavy atom. The largest absolute Gasteiger partial charge is 0.315 e. The zero-order valence-electron chi connectivity index (χ0n) is 13.6. The summed E-state index contributed by atoms with van der Waals surface area (Å²) in [5.74, 6) is 0. The van der Waals surface area contributed by atoms with Gasteiger partial charge in [0.1, 0.15) is 0 Å². The van der Waals surface area contributed by atoms with Crippen LogP contribution in [0, 0.1) is 5.41 Å². The Morgan fingerprint density at radius 2 is 1.71 bits per heavy atom. The van der Waals surface area contributed by atoms with Crippen LogP contribution in [0.15, 0.2) is 28.7 Å². The third kappa shape index (κ3) is 5.75. The van der Waals surface area contributed by atoms with E-state index in [9.17, 15) is 0 Å². The summed E-state index contributed by atoms with van der Waals surface area (Å²) in [6.07, 6.45) is 11.1. The SMILES string of the molecule is CC(C)NCCC1(CCc2ccc(Br)cc2)CCCCC1. The molecule has 1 N–H and O–H groups in total. The second-order valence-electron chi connectivity index (χ2n) is 7.05. The van der Waals surface area contributed by atoms with Gasteiger partial charge in [0.25, 0.3) is 0 Å². The first kappa shape index (κ1) is 17.0. The van der Waals surface area contributed by atoms with Gasteiger partial charge in [-0.3, -0.25) is 0 Å². The number of benzene rings is 1. The predicted molar refractivity (Wildman–Crippen MR) is 95.7 cm³/mol. The van der Waals surface area contributed by atoms with Crippen LogP contribution in [0.2, 0.25) is 0 Å². The highest BCUT2D eigenvalue weighted by Gasteiger charge is 2.31. The lowest BCUT2D eigenvalue weighted by Gasteiger charge is -2.38. The standard InChI is InChI=1S/C19H30BrN/c1-16(2)21-15-14-19(11-4-3-5-12-19)13-10-17-6-8-18(20)9-7-17/h6-9,16,21H,3-5,10-15H2,1-2H3. The van der Waals surface area contributed by atoms with Crippen molar-refractivity contribution in [2.75, 3.05) is 6.54 Å². The summed E-state index contributed by atoms with van der Waals surface area (Å²) < 4.78 is 1.18. The van der Waals surface area contributed by atoms with Crippen molar-refractivity contribution in [1.29, 1.82) is 0 Å². The molecule has 1 aliphatic carbocycles. The first-order chi connectivity index (χ1) is 10.1. The van der Waals surface area contributed by atoms with E-state index >= 15 is 0 Å². The van der Waals surface area contributed by atoms with Crippen molar-refractivity contribution >= 4 is 15.9 Å². The highest BCUT2D eigenvalue weighted by Crippen LogP contribution is 2.42. The van der Waals surface area contributed by atoms with Crippen molar-refractivity contribution in [2.24, 2.45) is 5.41 Å². The number of halogens is 1. The molecular formula is C19H30BrN. The highest BCUT2D eigenvalue weighted by atomic mass is 79.9. The van der Waals surface area contributed by atoms with Crippen molar-refractivity contribution in [3.63, 3.8) is 0 Å². The van der Waals surface area contributed by atoms with Gasteiger partial charge in [0.2, 0.25) is 0 Å². The van der Waals surface area contributed by atoms with Crippen LogP contribution in [0.1, 0.15) is 64.4 Å². The summed E-state index contributed by atoms with van der Waals surface area (Å²) in [6.45, 7) is 5.67. The molecule has 21 heavy (non-hydrogen) atoms. The van der Waals surface area contributed by atoms with Gasteiger partial charge in [-0.25, -0.2) is 0 Å². The van der Waals surface area contributed by atoms with Gasteiger partial charge in [0.15, 0.2) is 0 Å². The quantitative estimate of drug-likeness (QED) is 0.662. The summed E-state index contributed by atoms with van der Waals surface area (Å²) >= 11 is 3.52. The van der Waals surface area contributed by atoms with Crippen molar-refractivity contribution in [3.8, 4) is 0 Å². The van der Waals surface area contributed by atoms with Crippen LogP contribution in [0.4, 0.5) is 0 Å². The Balaban J connectivity index is 1.90. The van der Waals surface area contributed by atoms with Gasteiger partial charge in [-0.15, -0.1) is 0 Å². The van der Waals surface area contributed by atoms with E-state index in [2.05, 4.69) is 59.4 Å². The molecule has 118 valence electrons. The van der Waals surface area contributed by atoms with Crippen LogP contribution >= 0.6 is 15.9 Å². The highest BCUT2D eigenvalue weighted by molar-refractivity contribution is 9.10. The fraction of sp³-hybridized carbons (Fsp3) is 0.684. The summed E-state index contributed by atoms with van der Waals surface area (Å²) in [6, 6.07) is 9.49. The maximum atomic E-state index is 3.62. The van der Waals surface area contributed by atoms with E-state index in [1.54, 1.807) is 0 Å². The van der Waals surface area contributed by atoms with Gasteiger partial charge in [-0.05, 0) is 61.8 Å². The molecule has 0 radical (unpaired) electrons. The third-order valence-electron chi connectivity index (χ3n) is 4.98. The molecule has 0 spiro atoms. The summed E-state index contributed by atoms with van der Waals surface area (Å²) in [5.41, 5.74) is 2.08. The molecule has 1 aromatic rings. The number of nitrogens with one attached hydrogen (secondary N) is 1. The van der Waals surface area contributed by atoms with Gasteiger partial charge in [0, 0.05) is 10.5 Å². The monoisotopic (exact) mass is 351 g/mol. The van der Waals surface area contributed by atoms with Crippen LogP contribution < -0.4 is 5.32 Å². The lowest BCUT2D eigenvalue weighted by atomic mass is 9.68. The van der Waals surface area contributed by atoms with Crippen LogP contribution in [0.3, 0.4) is 0 Å². The molecule has 0 heterocycles. The van der Waals surface area contributed by atoms with E-state index in [1.807, 2.05) is 0 Å². The van der Waals surface area contributed by atoms with E-state index in [1.165, 1.54) is 67.9 Å². The average molecular weight is 352 g/mol. The lowest BCUT2D eigenvalue weighted by Crippen LogP contribution is -2.32. The Kier molecular flexibility index (Phi) is 6.75. The van der Waals surface area contributed by atoms with Gasteiger partial charge < -0.3 is 5.32 Å². The van der Waals surface area contributed by atoms with Crippen molar-refractivity contribution < 1.29 is 0 Å². The summed E-state index contributed by atoms with van der Waals surface area (Å²) in [4.78, 5) is 0. The Morgan fingerprint density at radius 1 is 1.05 bits per heavy atom. The molecular weight excluding hydrogens is 322 g/mol. The van der Waals surface area contributed by atoms with Crippen LogP contribution in [0.5, 0.6) is 0 Å². The minimum absolute atomic E-state index is 0.590. The molecule has 1 aromatic carbocycles.